The molecule has 0 amide bonds. The molecule has 0 fully saturated rings. The first kappa shape index (κ1) is 21.5. The summed E-state index contributed by atoms with van der Waals surface area (Å²) >= 11 is 0. The molecule has 1 unspecified atom stereocenters. The van der Waals surface area contributed by atoms with E-state index in [1.54, 1.807) is 61.5 Å². The molecule has 1 aromatic heterocycles. The van der Waals surface area contributed by atoms with Crippen molar-refractivity contribution in [2.24, 2.45) is 0 Å². The standard InChI is InChI=1S/C24H22N2O5S/c1-2-31-24(28)23(20-16-17-10-6-7-13-19(17)25-20)32(29,30)26(18-11-4-3-5-12-18)21-14-8-9-15-22(21)27/h3-16,23,25,27H,2H2,1H3. The summed E-state index contributed by atoms with van der Waals surface area (Å²) < 4.78 is 34.3. The summed E-state index contributed by atoms with van der Waals surface area (Å²) in [6.07, 6.45) is 0. The highest BCUT2D eigenvalue weighted by atomic mass is 32.2. The summed E-state index contributed by atoms with van der Waals surface area (Å²) in [4.78, 5) is 16.1. The third kappa shape index (κ3) is 3.92. The molecule has 4 rings (SSSR count). The zero-order valence-electron chi connectivity index (χ0n) is 17.3. The van der Waals surface area contributed by atoms with Gasteiger partial charge in [0, 0.05) is 11.2 Å². The van der Waals surface area contributed by atoms with Gasteiger partial charge in [0.2, 0.25) is 5.25 Å². The molecule has 2 N–H and O–H groups in total. The number of sulfonamides is 1. The second kappa shape index (κ2) is 8.76. The fraction of sp³-hybridized carbons (Fsp3) is 0.125. The van der Waals surface area contributed by atoms with Crippen molar-refractivity contribution in [1.29, 1.82) is 0 Å². The number of rotatable bonds is 7. The number of hydrogen-bond donors (Lipinski definition) is 2. The minimum Gasteiger partial charge on any atom is -0.506 e. The number of anilines is 2. The molecule has 0 radical (unpaired) electrons. The second-order valence-electron chi connectivity index (χ2n) is 7.08. The number of aromatic amines is 1. The van der Waals surface area contributed by atoms with Crippen LogP contribution in [-0.4, -0.2) is 31.1 Å². The van der Waals surface area contributed by atoms with E-state index in [1.165, 1.54) is 12.1 Å². The lowest BCUT2D eigenvalue weighted by atomic mass is 10.2. The van der Waals surface area contributed by atoms with Gasteiger partial charge in [0.1, 0.15) is 5.75 Å². The third-order valence-electron chi connectivity index (χ3n) is 4.98. The van der Waals surface area contributed by atoms with Gasteiger partial charge in [-0.25, -0.2) is 12.7 Å². The van der Waals surface area contributed by atoms with Crippen LogP contribution in [0, 0.1) is 0 Å². The van der Waals surface area contributed by atoms with E-state index in [-0.39, 0.29) is 29.4 Å². The number of H-pyrrole nitrogens is 1. The topological polar surface area (TPSA) is 99.7 Å². The van der Waals surface area contributed by atoms with Gasteiger partial charge in [-0.15, -0.1) is 0 Å². The van der Waals surface area contributed by atoms with Crippen LogP contribution in [0.3, 0.4) is 0 Å². The Morgan fingerprint density at radius 3 is 2.34 bits per heavy atom. The van der Waals surface area contributed by atoms with Crippen LogP contribution >= 0.6 is 0 Å². The Kier molecular flexibility index (Phi) is 5.87. The van der Waals surface area contributed by atoms with Crippen LogP contribution in [-0.2, 0) is 19.6 Å². The monoisotopic (exact) mass is 450 g/mol. The van der Waals surface area contributed by atoms with Gasteiger partial charge in [0.15, 0.2) is 0 Å². The zero-order chi connectivity index (χ0) is 22.7. The average Bonchev–Trinajstić information content (AvgIpc) is 3.19. The van der Waals surface area contributed by atoms with Crippen LogP contribution in [0.4, 0.5) is 11.4 Å². The number of hydrogen-bond acceptors (Lipinski definition) is 5. The molecule has 0 aliphatic rings. The molecule has 0 spiro atoms. The molecule has 0 aliphatic heterocycles. The van der Waals surface area contributed by atoms with Crippen LogP contribution in [0.5, 0.6) is 5.75 Å². The van der Waals surface area contributed by atoms with Gasteiger partial charge in [0.05, 0.1) is 18.0 Å². The number of nitrogens with one attached hydrogen (secondary N) is 1. The van der Waals surface area contributed by atoms with Gasteiger partial charge in [0.25, 0.3) is 10.0 Å². The number of phenolic OH excluding ortho intramolecular Hbond substituents is 1. The van der Waals surface area contributed by atoms with Crippen molar-refractivity contribution in [2.45, 2.75) is 12.2 Å². The van der Waals surface area contributed by atoms with Crippen molar-refractivity contribution in [3.63, 3.8) is 0 Å². The number of aromatic hydroxyl groups is 1. The lowest BCUT2D eigenvalue weighted by molar-refractivity contribution is -0.142. The molecule has 3 aromatic carbocycles. The van der Waals surface area contributed by atoms with E-state index in [9.17, 15) is 18.3 Å². The highest BCUT2D eigenvalue weighted by molar-refractivity contribution is 7.94. The van der Waals surface area contributed by atoms with Crippen molar-refractivity contribution < 1.29 is 23.1 Å². The Hall–Kier alpha value is -3.78. The first-order valence-corrected chi connectivity index (χ1v) is 11.5. The first-order chi connectivity index (χ1) is 15.4. The molecule has 164 valence electrons. The fourth-order valence-corrected chi connectivity index (χ4v) is 5.41. The summed E-state index contributed by atoms with van der Waals surface area (Å²) in [5.74, 6) is -1.14. The van der Waals surface area contributed by atoms with E-state index in [4.69, 9.17) is 4.74 Å². The summed E-state index contributed by atoms with van der Waals surface area (Å²) in [6.45, 7) is 1.64. The number of fused-ring (bicyclic) bond motifs is 1. The highest BCUT2D eigenvalue weighted by Crippen LogP contribution is 2.40. The predicted molar refractivity (Wildman–Crippen MR) is 123 cm³/mol. The Balaban J connectivity index is 1.94. The molecular weight excluding hydrogens is 428 g/mol. The number of phenols is 1. The number of nitrogens with zero attached hydrogens (tertiary/aromatic N) is 1. The summed E-state index contributed by atoms with van der Waals surface area (Å²) in [5, 5.41) is 9.58. The maximum absolute atomic E-state index is 14.1. The molecule has 0 bridgehead atoms. The van der Waals surface area contributed by atoms with Crippen LogP contribution in [0.15, 0.2) is 84.9 Å². The Morgan fingerprint density at radius 2 is 1.66 bits per heavy atom. The number of benzene rings is 3. The van der Waals surface area contributed by atoms with Gasteiger partial charge in [-0.2, -0.15) is 0 Å². The number of esters is 1. The van der Waals surface area contributed by atoms with Crippen molar-refractivity contribution in [3.8, 4) is 5.75 Å². The van der Waals surface area contributed by atoms with E-state index >= 15 is 0 Å². The van der Waals surface area contributed by atoms with Crippen molar-refractivity contribution >= 4 is 38.3 Å². The molecule has 0 saturated carbocycles. The summed E-state index contributed by atoms with van der Waals surface area (Å²) in [6, 6.07) is 23.3. The number of aromatic nitrogens is 1. The molecule has 0 saturated heterocycles. The normalized spacial score (nSPS) is 12.4. The molecule has 7 nitrogen and oxygen atoms in total. The van der Waals surface area contributed by atoms with E-state index in [1.807, 2.05) is 18.2 Å². The van der Waals surface area contributed by atoms with Gasteiger partial charge in [-0.1, -0.05) is 48.5 Å². The van der Waals surface area contributed by atoms with Gasteiger partial charge >= 0.3 is 5.97 Å². The van der Waals surface area contributed by atoms with Crippen LogP contribution in [0.2, 0.25) is 0 Å². The van der Waals surface area contributed by atoms with Gasteiger partial charge in [-0.05, 0) is 48.7 Å². The maximum atomic E-state index is 14.1. The van der Waals surface area contributed by atoms with E-state index in [0.29, 0.717) is 5.52 Å². The molecule has 4 aromatic rings. The smallest absolute Gasteiger partial charge is 0.332 e. The average molecular weight is 451 g/mol. The van der Waals surface area contributed by atoms with Crippen LogP contribution in [0.25, 0.3) is 10.9 Å². The number of carbonyl (C=O) groups is 1. The SMILES string of the molecule is CCOC(=O)C(c1cc2ccccc2[nH]1)S(=O)(=O)N(c1ccccc1)c1ccccc1O. The molecule has 8 heteroatoms. The highest BCUT2D eigenvalue weighted by Gasteiger charge is 2.43. The van der Waals surface area contributed by atoms with Gasteiger partial charge in [-0.3, -0.25) is 4.79 Å². The Labute approximate surface area is 185 Å². The molecule has 1 heterocycles. The van der Waals surface area contributed by atoms with Crippen molar-refractivity contribution in [1.82, 2.24) is 4.98 Å². The fourth-order valence-electron chi connectivity index (χ4n) is 3.59. The molecule has 1 atom stereocenters. The Bertz CT molecular complexity index is 1320. The molecule has 32 heavy (non-hydrogen) atoms. The van der Waals surface area contributed by atoms with E-state index in [2.05, 4.69) is 4.98 Å². The van der Waals surface area contributed by atoms with Gasteiger partial charge < -0.3 is 14.8 Å². The van der Waals surface area contributed by atoms with Crippen molar-refractivity contribution in [3.05, 3.63) is 90.6 Å². The lowest BCUT2D eigenvalue weighted by Gasteiger charge is -2.28. The largest absolute Gasteiger partial charge is 0.506 e. The minimum absolute atomic E-state index is 0.0208. The van der Waals surface area contributed by atoms with Crippen LogP contribution < -0.4 is 4.31 Å². The van der Waals surface area contributed by atoms with E-state index < -0.39 is 21.2 Å². The Morgan fingerprint density at radius 1 is 1.00 bits per heavy atom. The maximum Gasteiger partial charge on any atom is 0.332 e. The first-order valence-electron chi connectivity index (χ1n) is 10.0. The summed E-state index contributed by atoms with van der Waals surface area (Å²) in [7, 11) is -4.45. The predicted octanol–water partition coefficient (Wildman–Crippen LogP) is 4.65. The van der Waals surface area contributed by atoms with Crippen LogP contribution in [0.1, 0.15) is 17.9 Å². The summed E-state index contributed by atoms with van der Waals surface area (Å²) in [5.41, 5.74) is 1.19. The van der Waals surface area contributed by atoms with E-state index in [0.717, 1.165) is 9.69 Å². The lowest BCUT2D eigenvalue weighted by Crippen LogP contribution is -2.36. The minimum atomic E-state index is -4.45. The molecular formula is C24H22N2O5S. The quantitative estimate of drug-likeness (QED) is 0.400. The molecule has 0 aliphatic carbocycles. The number of carbonyl (C=O) groups excluding carboxylic acids is 1. The number of para-hydroxylation sites is 4. The van der Waals surface area contributed by atoms with Crippen molar-refractivity contribution in [2.75, 3.05) is 10.9 Å². The number of ether oxygens (including phenoxy) is 1. The zero-order valence-corrected chi connectivity index (χ0v) is 18.1. The third-order valence-corrected chi connectivity index (χ3v) is 6.94. The second-order valence-corrected chi connectivity index (χ2v) is 8.94.